The Bertz CT molecular complexity index is 514. The van der Waals surface area contributed by atoms with Crippen molar-refractivity contribution in [2.45, 2.75) is 26.3 Å². The Labute approximate surface area is 133 Å². The first-order chi connectivity index (χ1) is 10.1. The van der Waals surface area contributed by atoms with Gasteiger partial charge in [-0.05, 0) is 40.9 Å². The minimum atomic E-state index is 0.0109. The minimum Gasteiger partial charge on any atom is -0.409 e. The van der Waals surface area contributed by atoms with Crippen LogP contribution in [0.1, 0.15) is 18.9 Å². The number of anilines is 1. The van der Waals surface area contributed by atoms with Gasteiger partial charge >= 0.3 is 0 Å². The van der Waals surface area contributed by atoms with Gasteiger partial charge in [-0.1, -0.05) is 12.1 Å². The van der Waals surface area contributed by atoms with Crippen LogP contribution in [0, 0.1) is 6.92 Å². The van der Waals surface area contributed by atoms with Crippen molar-refractivity contribution < 1.29 is 5.21 Å². The number of nitrogens with two attached hydrogens (primary N) is 1. The predicted molar refractivity (Wildman–Crippen MR) is 87.9 cm³/mol. The third kappa shape index (κ3) is 3.65. The fourth-order valence-electron chi connectivity index (χ4n) is 2.68. The average molecular weight is 356 g/mol. The summed E-state index contributed by atoms with van der Waals surface area (Å²) >= 11 is 3.48. The van der Waals surface area contributed by atoms with Gasteiger partial charge in [0.05, 0.1) is 6.04 Å². The summed E-state index contributed by atoms with van der Waals surface area (Å²) in [5, 5.41) is 12.0. The lowest BCUT2D eigenvalue weighted by Gasteiger charge is -2.39. The van der Waals surface area contributed by atoms with Gasteiger partial charge in [-0.25, -0.2) is 4.98 Å². The Morgan fingerprint density at radius 2 is 2.14 bits per heavy atom. The van der Waals surface area contributed by atoms with Gasteiger partial charge in [-0.3, -0.25) is 4.90 Å². The highest BCUT2D eigenvalue weighted by Gasteiger charge is 2.26. The number of oxime groups is 1. The van der Waals surface area contributed by atoms with E-state index in [9.17, 15) is 0 Å². The SMILES string of the molecule is CCC(/C(N)=N/O)N1CCN(c2cc(C)c(Br)cn2)CC1. The zero-order chi connectivity index (χ0) is 15.4. The monoisotopic (exact) mass is 355 g/mol. The van der Waals surface area contributed by atoms with Crippen molar-refractivity contribution in [1.29, 1.82) is 0 Å². The number of halogens is 1. The molecule has 0 amide bonds. The highest BCUT2D eigenvalue weighted by molar-refractivity contribution is 9.10. The summed E-state index contributed by atoms with van der Waals surface area (Å²) in [5.41, 5.74) is 6.95. The molecule has 0 aromatic carbocycles. The zero-order valence-electron chi connectivity index (χ0n) is 12.5. The second-order valence-corrected chi connectivity index (χ2v) is 6.12. The van der Waals surface area contributed by atoms with Crippen LogP contribution in [0.25, 0.3) is 0 Å². The first-order valence-electron chi connectivity index (χ1n) is 7.15. The lowest BCUT2D eigenvalue weighted by atomic mass is 10.1. The average Bonchev–Trinajstić information content (AvgIpc) is 2.51. The molecule has 7 heteroatoms. The van der Waals surface area contributed by atoms with Gasteiger partial charge in [-0.2, -0.15) is 0 Å². The molecule has 21 heavy (non-hydrogen) atoms. The Kier molecular flexibility index (Phi) is 5.41. The maximum absolute atomic E-state index is 8.86. The van der Waals surface area contributed by atoms with E-state index in [4.69, 9.17) is 10.9 Å². The van der Waals surface area contributed by atoms with Crippen LogP contribution in [0.3, 0.4) is 0 Å². The van der Waals surface area contributed by atoms with Crippen LogP contribution >= 0.6 is 15.9 Å². The molecule has 0 bridgehead atoms. The smallest absolute Gasteiger partial charge is 0.156 e. The zero-order valence-corrected chi connectivity index (χ0v) is 14.0. The molecule has 1 aliphatic rings. The van der Waals surface area contributed by atoms with E-state index in [1.165, 1.54) is 5.56 Å². The van der Waals surface area contributed by atoms with Crippen LogP contribution in [-0.4, -0.2) is 53.1 Å². The summed E-state index contributed by atoms with van der Waals surface area (Å²) < 4.78 is 1.03. The van der Waals surface area contributed by atoms with Gasteiger partial charge in [0.2, 0.25) is 0 Å². The third-order valence-electron chi connectivity index (χ3n) is 3.96. The van der Waals surface area contributed by atoms with Crippen molar-refractivity contribution >= 4 is 27.6 Å². The molecule has 1 atom stereocenters. The van der Waals surface area contributed by atoms with Crippen LogP contribution in [0.2, 0.25) is 0 Å². The number of nitrogens with zero attached hydrogens (tertiary/aromatic N) is 4. The van der Waals surface area contributed by atoms with E-state index in [1.54, 1.807) is 0 Å². The largest absolute Gasteiger partial charge is 0.409 e. The van der Waals surface area contributed by atoms with E-state index in [0.29, 0.717) is 5.84 Å². The van der Waals surface area contributed by atoms with Gasteiger partial charge in [0.1, 0.15) is 5.82 Å². The summed E-state index contributed by atoms with van der Waals surface area (Å²) in [5.74, 6) is 1.30. The fourth-order valence-corrected chi connectivity index (χ4v) is 2.90. The molecule has 0 spiro atoms. The summed E-state index contributed by atoms with van der Waals surface area (Å²) in [4.78, 5) is 9.01. The lowest BCUT2D eigenvalue weighted by molar-refractivity contribution is 0.215. The minimum absolute atomic E-state index is 0.0109. The number of pyridine rings is 1. The number of aromatic nitrogens is 1. The van der Waals surface area contributed by atoms with E-state index in [-0.39, 0.29) is 6.04 Å². The maximum Gasteiger partial charge on any atom is 0.156 e. The number of piperazine rings is 1. The molecule has 6 nitrogen and oxygen atoms in total. The van der Waals surface area contributed by atoms with E-state index >= 15 is 0 Å². The van der Waals surface area contributed by atoms with Gasteiger partial charge in [0, 0.05) is 36.8 Å². The predicted octanol–water partition coefficient (Wildman–Crippen LogP) is 1.80. The van der Waals surface area contributed by atoms with E-state index < -0.39 is 0 Å². The van der Waals surface area contributed by atoms with Crippen LogP contribution in [-0.2, 0) is 0 Å². The number of hydrogen-bond acceptors (Lipinski definition) is 5. The third-order valence-corrected chi connectivity index (χ3v) is 4.79. The highest BCUT2D eigenvalue weighted by atomic mass is 79.9. The molecule has 1 aliphatic heterocycles. The second kappa shape index (κ2) is 7.09. The van der Waals surface area contributed by atoms with Crippen molar-refractivity contribution in [3.63, 3.8) is 0 Å². The molecule has 2 heterocycles. The fraction of sp³-hybridized carbons (Fsp3) is 0.571. The molecule has 1 unspecified atom stereocenters. The Hall–Kier alpha value is -1.34. The Morgan fingerprint density at radius 1 is 1.48 bits per heavy atom. The number of rotatable bonds is 4. The molecule has 0 radical (unpaired) electrons. The molecule has 1 fully saturated rings. The molecule has 2 rings (SSSR count). The number of aryl methyl sites for hydroxylation is 1. The molecule has 1 aromatic rings. The Morgan fingerprint density at radius 3 is 2.67 bits per heavy atom. The number of hydrogen-bond donors (Lipinski definition) is 2. The van der Waals surface area contributed by atoms with Crippen molar-refractivity contribution in [3.05, 3.63) is 22.3 Å². The molecule has 1 aromatic heterocycles. The summed E-state index contributed by atoms with van der Waals surface area (Å²) in [6.45, 7) is 7.66. The topological polar surface area (TPSA) is 78.0 Å². The van der Waals surface area contributed by atoms with Crippen molar-refractivity contribution in [3.8, 4) is 0 Å². The first kappa shape index (κ1) is 16.0. The van der Waals surface area contributed by atoms with Gasteiger partial charge in [0.25, 0.3) is 0 Å². The molecular formula is C14H22BrN5O. The second-order valence-electron chi connectivity index (χ2n) is 5.26. The van der Waals surface area contributed by atoms with Crippen LogP contribution < -0.4 is 10.6 Å². The summed E-state index contributed by atoms with van der Waals surface area (Å²) in [6, 6.07) is 2.11. The van der Waals surface area contributed by atoms with Gasteiger partial charge in [-0.15, -0.1) is 0 Å². The van der Waals surface area contributed by atoms with Crippen LogP contribution in [0.4, 0.5) is 5.82 Å². The summed E-state index contributed by atoms with van der Waals surface area (Å²) in [6.07, 6.45) is 2.69. The van der Waals surface area contributed by atoms with E-state index in [2.05, 4.69) is 55.8 Å². The van der Waals surface area contributed by atoms with Crippen molar-refractivity contribution in [2.75, 3.05) is 31.1 Å². The summed E-state index contributed by atoms with van der Waals surface area (Å²) in [7, 11) is 0. The van der Waals surface area contributed by atoms with Crippen molar-refractivity contribution in [1.82, 2.24) is 9.88 Å². The normalized spacial score (nSPS) is 18.8. The van der Waals surface area contributed by atoms with E-state index in [0.717, 1.165) is 42.9 Å². The highest BCUT2D eigenvalue weighted by Crippen LogP contribution is 2.21. The molecule has 1 saturated heterocycles. The quantitative estimate of drug-likeness (QED) is 0.372. The molecule has 0 saturated carbocycles. The maximum atomic E-state index is 8.86. The molecule has 116 valence electrons. The van der Waals surface area contributed by atoms with Crippen LogP contribution in [0.15, 0.2) is 21.9 Å². The lowest BCUT2D eigenvalue weighted by Crippen LogP contribution is -2.54. The van der Waals surface area contributed by atoms with Gasteiger partial charge < -0.3 is 15.8 Å². The molecular weight excluding hydrogens is 334 g/mol. The Balaban J connectivity index is 2.01. The van der Waals surface area contributed by atoms with Crippen molar-refractivity contribution in [2.24, 2.45) is 10.9 Å². The van der Waals surface area contributed by atoms with E-state index in [1.807, 2.05) is 6.20 Å². The standard InChI is InChI=1S/C14H22BrN5O/c1-3-12(14(16)18-21)19-4-6-20(7-5-19)13-8-10(2)11(15)9-17-13/h8-9,12,21H,3-7H2,1-2H3,(H2,16,18). The first-order valence-corrected chi connectivity index (χ1v) is 7.94. The van der Waals surface area contributed by atoms with Gasteiger partial charge in [0.15, 0.2) is 5.84 Å². The molecule has 3 N–H and O–H groups in total. The van der Waals surface area contributed by atoms with Crippen LogP contribution in [0.5, 0.6) is 0 Å². The molecule has 0 aliphatic carbocycles. The number of amidine groups is 1.